The van der Waals surface area contributed by atoms with Gasteiger partial charge in [-0.25, -0.2) is 0 Å². The Kier molecular flexibility index (Phi) is 7.57. The fraction of sp³-hybridized carbons (Fsp3) is 0. The van der Waals surface area contributed by atoms with E-state index < -0.39 is 0 Å². The number of benzene rings is 10. The van der Waals surface area contributed by atoms with E-state index in [-0.39, 0.29) is 0 Å². The average Bonchev–Trinajstić information content (AvgIpc) is 4.02. The Labute approximate surface area is 356 Å². The van der Waals surface area contributed by atoms with Crippen molar-refractivity contribution in [1.29, 1.82) is 0 Å². The van der Waals surface area contributed by atoms with Gasteiger partial charge in [-0.05, 0) is 94.2 Å². The summed E-state index contributed by atoms with van der Waals surface area (Å²) in [6, 6.07) is 77.8. The van der Waals surface area contributed by atoms with E-state index >= 15 is 0 Å². The first-order valence-corrected chi connectivity index (χ1v) is 21.1. The second-order valence-electron chi connectivity index (χ2n) is 16.0. The average molecular weight is 793 g/mol. The van der Waals surface area contributed by atoms with Gasteiger partial charge in [-0.2, -0.15) is 0 Å². The maximum Gasteiger partial charge on any atom is 0.159 e. The lowest BCUT2D eigenvalue weighted by molar-refractivity contribution is 0.668. The number of rotatable bonds is 6. The van der Waals surface area contributed by atoms with Crippen LogP contribution >= 0.6 is 0 Å². The molecule has 3 aromatic heterocycles. The quantitative estimate of drug-likeness (QED) is 0.168. The van der Waals surface area contributed by atoms with Crippen LogP contribution in [0.5, 0.6) is 0 Å². The Morgan fingerprint density at radius 2 is 0.952 bits per heavy atom. The molecule has 13 rings (SSSR count). The highest BCUT2D eigenvalue weighted by Gasteiger charge is 2.25. The molecule has 0 aliphatic heterocycles. The molecule has 0 unspecified atom stereocenters. The minimum absolute atomic E-state index is 0.829. The topological polar surface area (TPSA) is 34.5 Å². The minimum Gasteiger partial charge on any atom is -0.455 e. The summed E-state index contributed by atoms with van der Waals surface area (Å²) in [6.07, 6.45) is 0. The Balaban J connectivity index is 1.04. The standard InChI is InChI=1S/C58H36N2O2/c1-2-18-42-37(14-1)15-12-23-43(42)38-30-32-40(33-31-38)59(53-27-13-24-48-47-21-5-9-28-54(47)61-57(48)53)52-35-34-44(58-56(52)49-22-6-10-29-55(49)62-58)39-16-11-17-41(36-39)60-50-25-7-3-19-45(50)46-20-4-8-26-51(46)60/h1-36H. The van der Waals surface area contributed by atoms with Crippen LogP contribution < -0.4 is 4.90 Å². The van der Waals surface area contributed by atoms with Crippen LogP contribution in [0.4, 0.5) is 17.1 Å². The van der Waals surface area contributed by atoms with Gasteiger partial charge in [0, 0.05) is 43.9 Å². The van der Waals surface area contributed by atoms with E-state index in [4.69, 9.17) is 8.83 Å². The van der Waals surface area contributed by atoms with Crippen LogP contribution in [0.25, 0.3) is 104 Å². The third-order valence-corrected chi connectivity index (χ3v) is 12.6. The van der Waals surface area contributed by atoms with E-state index in [0.29, 0.717) is 0 Å². The number of anilines is 3. The zero-order valence-electron chi connectivity index (χ0n) is 33.5. The van der Waals surface area contributed by atoms with Crippen molar-refractivity contribution >= 4 is 93.5 Å². The Bertz CT molecular complexity index is 3830. The van der Waals surface area contributed by atoms with Crippen LogP contribution in [0, 0.1) is 0 Å². The number of fused-ring (bicyclic) bond motifs is 10. The van der Waals surface area contributed by atoms with Gasteiger partial charge >= 0.3 is 0 Å². The minimum atomic E-state index is 0.829. The monoisotopic (exact) mass is 792 g/mol. The van der Waals surface area contributed by atoms with Crippen molar-refractivity contribution in [2.24, 2.45) is 0 Å². The fourth-order valence-electron chi connectivity index (χ4n) is 9.82. The number of aromatic nitrogens is 1. The van der Waals surface area contributed by atoms with Gasteiger partial charge in [-0.3, -0.25) is 0 Å². The number of hydrogen-bond acceptors (Lipinski definition) is 3. The molecule has 0 aliphatic rings. The lowest BCUT2D eigenvalue weighted by atomic mass is 9.97. The molecule has 0 fully saturated rings. The van der Waals surface area contributed by atoms with Crippen LogP contribution in [-0.2, 0) is 0 Å². The third-order valence-electron chi connectivity index (χ3n) is 12.6. The van der Waals surface area contributed by atoms with Crippen molar-refractivity contribution in [2.75, 3.05) is 4.90 Å². The second-order valence-corrected chi connectivity index (χ2v) is 16.0. The summed E-state index contributed by atoms with van der Waals surface area (Å²) in [5.41, 5.74) is 14.2. The SMILES string of the molecule is c1cc(-c2ccc(N(c3ccc(-c4cccc5ccccc45)cc3)c3cccc4c3oc3ccccc34)c3c2oc2ccccc23)cc(-n2c3ccccc3c3ccccc32)c1. The molecule has 3 heterocycles. The van der Waals surface area contributed by atoms with Crippen LogP contribution in [-0.4, -0.2) is 4.57 Å². The number of para-hydroxylation sites is 5. The Hall–Kier alpha value is -8.34. The molecule has 0 bridgehead atoms. The van der Waals surface area contributed by atoms with Crippen molar-refractivity contribution in [3.63, 3.8) is 0 Å². The summed E-state index contributed by atoms with van der Waals surface area (Å²) in [4.78, 5) is 2.35. The van der Waals surface area contributed by atoms with Crippen LogP contribution in [0.15, 0.2) is 227 Å². The van der Waals surface area contributed by atoms with Gasteiger partial charge in [0.1, 0.15) is 16.7 Å². The lowest BCUT2D eigenvalue weighted by Crippen LogP contribution is -2.11. The highest BCUT2D eigenvalue weighted by Crippen LogP contribution is 2.49. The zero-order chi connectivity index (χ0) is 40.7. The van der Waals surface area contributed by atoms with Crippen molar-refractivity contribution in [3.05, 3.63) is 218 Å². The van der Waals surface area contributed by atoms with Gasteiger partial charge in [0.25, 0.3) is 0 Å². The van der Waals surface area contributed by atoms with E-state index in [1.807, 2.05) is 18.2 Å². The molecule has 0 N–H and O–H groups in total. The van der Waals surface area contributed by atoms with Gasteiger partial charge in [-0.1, -0.05) is 152 Å². The molecule has 0 aliphatic carbocycles. The van der Waals surface area contributed by atoms with E-state index in [1.54, 1.807) is 0 Å². The van der Waals surface area contributed by atoms with E-state index in [9.17, 15) is 0 Å². The highest BCUT2D eigenvalue weighted by atomic mass is 16.3. The smallest absolute Gasteiger partial charge is 0.159 e. The molecule has 290 valence electrons. The van der Waals surface area contributed by atoms with Gasteiger partial charge < -0.3 is 18.3 Å². The first kappa shape index (κ1) is 34.5. The van der Waals surface area contributed by atoms with Crippen LogP contribution in [0.3, 0.4) is 0 Å². The van der Waals surface area contributed by atoms with Gasteiger partial charge in [0.15, 0.2) is 5.58 Å². The second kappa shape index (κ2) is 13.6. The molecular formula is C58H36N2O2. The predicted molar refractivity (Wildman–Crippen MR) is 258 cm³/mol. The molecule has 62 heavy (non-hydrogen) atoms. The van der Waals surface area contributed by atoms with Crippen molar-refractivity contribution in [2.45, 2.75) is 0 Å². The summed E-state index contributed by atoms with van der Waals surface area (Å²) in [5, 5.41) is 9.18. The molecule has 0 spiro atoms. The predicted octanol–water partition coefficient (Wildman–Crippen LogP) is 16.5. The molecule has 4 heteroatoms. The van der Waals surface area contributed by atoms with Crippen molar-refractivity contribution < 1.29 is 8.83 Å². The first-order chi connectivity index (χ1) is 30.8. The lowest BCUT2D eigenvalue weighted by Gasteiger charge is -2.27. The maximum absolute atomic E-state index is 6.97. The Morgan fingerprint density at radius 3 is 1.74 bits per heavy atom. The highest BCUT2D eigenvalue weighted by molar-refractivity contribution is 6.19. The zero-order valence-corrected chi connectivity index (χ0v) is 33.5. The molecule has 0 atom stereocenters. The fourth-order valence-corrected chi connectivity index (χ4v) is 9.82. The van der Waals surface area contributed by atoms with E-state index in [1.165, 1.54) is 38.1 Å². The Morgan fingerprint density at radius 1 is 0.355 bits per heavy atom. The number of nitrogens with zero attached hydrogens (tertiary/aromatic N) is 2. The largest absolute Gasteiger partial charge is 0.455 e. The van der Waals surface area contributed by atoms with Gasteiger partial charge in [0.2, 0.25) is 0 Å². The van der Waals surface area contributed by atoms with Crippen LogP contribution in [0.1, 0.15) is 0 Å². The van der Waals surface area contributed by atoms with Gasteiger partial charge in [0.05, 0.1) is 27.8 Å². The molecule has 0 saturated heterocycles. The number of furan rings is 2. The molecule has 13 aromatic rings. The van der Waals surface area contributed by atoms with Gasteiger partial charge in [-0.15, -0.1) is 0 Å². The molecule has 4 nitrogen and oxygen atoms in total. The normalized spacial score (nSPS) is 11.9. The molecule has 0 radical (unpaired) electrons. The summed E-state index contributed by atoms with van der Waals surface area (Å²) in [7, 11) is 0. The van der Waals surface area contributed by atoms with E-state index in [0.717, 1.165) is 83.3 Å². The van der Waals surface area contributed by atoms with Crippen molar-refractivity contribution in [3.8, 4) is 27.9 Å². The van der Waals surface area contributed by atoms with Crippen LogP contribution in [0.2, 0.25) is 0 Å². The summed E-state index contributed by atoms with van der Waals surface area (Å²) in [5.74, 6) is 0. The van der Waals surface area contributed by atoms with E-state index in [2.05, 4.69) is 210 Å². The number of hydrogen-bond donors (Lipinski definition) is 0. The maximum atomic E-state index is 6.97. The molecule has 0 amide bonds. The van der Waals surface area contributed by atoms with Crippen molar-refractivity contribution in [1.82, 2.24) is 4.57 Å². The molecule has 10 aromatic carbocycles. The molecule has 0 saturated carbocycles. The third kappa shape index (κ3) is 5.20. The molecular weight excluding hydrogens is 757 g/mol. The summed E-state index contributed by atoms with van der Waals surface area (Å²) < 4.78 is 16.1. The summed E-state index contributed by atoms with van der Waals surface area (Å²) >= 11 is 0. The summed E-state index contributed by atoms with van der Waals surface area (Å²) in [6.45, 7) is 0. The first-order valence-electron chi connectivity index (χ1n) is 21.1.